The van der Waals surface area contributed by atoms with E-state index in [4.69, 9.17) is 45.3 Å². The molecule has 0 amide bonds. The summed E-state index contributed by atoms with van der Waals surface area (Å²) >= 11 is 18.7. The van der Waals surface area contributed by atoms with Crippen molar-refractivity contribution in [1.29, 1.82) is 0 Å². The van der Waals surface area contributed by atoms with Crippen LogP contribution in [-0.2, 0) is 16.6 Å². The first-order chi connectivity index (χ1) is 12.3. The summed E-state index contributed by atoms with van der Waals surface area (Å²) in [6.07, 6.45) is 1.17. The molecule has 136 valence electrons. The molecule has 1 N–H and O–H groups in total. The van der Waals surface area contributed by atoms with Crippen molar-refractivity contribution in [1.82, 2.24) is 0 Å². The summed E-state index contributed by atoms with van der Waals surface area (Å²) in [7, 11) is 0. The second-order valence-electron chi connectivity index (χ2n) is 6.59. The van der Waals surface area contributed by atoms with Crippen LogP contribution in [0.15, 0.2) is 36.4 Å². The molecule has 6 heteroatoms. The van der Waals surface area contributed by atoms with Crippen LogP contribution in [-0.4, -0.2) is 22.5 Å². The molecule has 0 heterocycles. The van der Waals surface area contributed by atoms with Crippen LogP contribution in [0.5, 0.6) is 5.75 Å². The van der Waals surface area contributed by atoms with Gasteiger partial charge < -0.3 is 9.84 Å². The van der Waals surface area contributed by atoms with Gasteiger partial charge in [-0.15, -0.1) is 0 Å². The van der Waals surface area contributed by atoms with Gasteiger partial charge in [-0.25, -0.2) is 0 Å². The zero-order valence-corrected chi connectivity index (χ0v) is 16.5. The molecule has 0 unspecified atom stereocenters. The molecule has 3 nitrogen and oxygen atoms in total. The summed E-state index contributed by atoms with van der Waals surface area (Å²) in [6, 6.07) is 12.0. The summed E-state index contributed by atoms with van der Waals surface area (Å²) in [4.78, 5) is 11.4. The lowest BCUT2D eigenvalue weighted by Crippen LogP contribution is -2.28. The van der Waals surface area contributed by atoms with Crippen LogP contribution >= 0.6 is 35.4 Å². The third-order valence-electron chi connectivity index (χ3n) is 4.73. The predicted molar refractivity (Wildman–Crippen MR) is 108 cm³/mol. The van der Waals surface area contributed by atoms with Crippen molar-refractivity contribution in [3.63, 3.8) is 0 Å². The van der Waals surface area contributed by atoms with Crippen molar-refractivity contribution in [2.75, 3.05) is 6.61 Å². The Bertz CT molecular complexity index is 867. The van der Waals surface area contributed by atoms with E-state index < -0.39 is 5.97 Å². The molecule has 0 fully saturated rings. The number of carboxylic acids is 1. The third kappa shape index (κ3) is 3.46. The standard InChI is InChI=1S/C20H18Cl2O3S/c1-20(13-6-3-2-4-7-13)11-12-10-14(25-9-5-8-15(23)24)17(21)18(22)16(12)19(20)26/h2-4,6-7,10H,5,8-9,11H2,1H3,(H,23,24)/t20-/m0/s1. The second-order valence-corrected chi connectivity index (χ2v) is 7.75. The number of benzene rings is 2. The van der Waals surface area contributed by atoms with Crippen LogP contribution in [0.25, 0.3) is 0 Å². The topological polar surface area (TPSA) is 46.5 Å². The fourth-order valence-electron chi connectivity index (χ4n) is 3.32. The second kappa shape index (κ2) is 7.55. The van der Waals surface area contributed by atoms with E-state index in [1.807, 2.05) is 24.3 Å². The molecule has 0 bridgehead atoms. The van der Waals surface area contributed by atoms with Gasteiger partial charge in [0.15, 0.2) is 0 Å². The highest BCUT2D eigenvalue weighted by Crippen LogP contribution is 2.47. The van der Waals surface area contributed by atoms with Gasteiger partial charge in [-0.05, 0) is 30.0 Å². The SMILES string of the molecule is C[C@@]1(c2ccccc2)Cc2cc(OCCCC(=O)O)c(Cl)c(Cl)c2C1=S. The summed E-state index contributed by atoms with van der Waals surface area (Å²) in [5.41, 5.74) is 2.63. The van der Waals surface area contributed by atoms with E-state index in [2.05, 4.69) is 19.1 Å². The zero-order chi connectivity index (χ0) is 18.9. The van der Waals surface area contributed by atoms with E-state index in [1.54, 1.807) is 0 Å². The summed E-state index contributed by atoms with van der Waals surface area (Å²) in [5, 5.41) is 9.44. The van der Waals surface area contributed by atoms with E-state index in [0.717, 1.165) is 21.6 Å². The Morgan fingerprint density at radius 3 is 2.62 bits per heavy atom. The molecule has 3 rings (SSSR count). The van der Waals surface area contributed by atoms with Crippen LogP contribution in [0, 0.1) is 0 Å². The molecule has 0 aromatic heterocycles. The zero-order valence-electron chi connectivity index (χ0n) is 14.2. The normalized spacial score (nSPS) is 18.7. The summed E-state index contributed by atoms with van der Waals surface area (Å²) < 4.78 is 5.68. The average Bonchev–Trinajstić information content (AvgIpc) is 2.88. The Hall–Kier alpha value is -1.62. The number of hydrogen-bond acceptors (Lipinski definition) is 3. The molecule has 1 aliphatic carbocycles. The molecular formula is C20H18Cl2O3S. The molecular weight excluding hydrogens is 391 g/mol. The highest BCUT2D eigenvalue weighted by atomic mass is 35.5. The summed E-state index contributed by atoms with van der Waals surface area (Å²) in [6.45, 7) is 2.38. The number of rotatable bonds is 6. The van der Waals surface area contributed by atoms with Crippen LogP contribution in [0.4, 0.5) is 0 Å². The quantitative estimate of drug-likeness (QED) is 0.508. The molecule has 2 aromatic carbocycles. The first kappa shape index (κ1) is 19.2. The number of carbonyl (C=O) groups is 1. The highest BCUT2D eigenvalue weighted by Gasteiger charge is 2.41. The van der Waals surface area contributed by atoms with Crippen molar-refractivity contribution >= 4 is 46.3 Å². The Morgan fingerprint density at radius 2 is 1.96 bits per heavy atom. The van der Waals surface area contributed by atoms with Gasteiger partial charge in [-0.3, -0.25) is 4.79 Å². The number of fused-ring (bicyclic) bond motifs is 1. The van der Waals surface area contributed by atoms with Crippen LogP contribution in [0.1, 0.15) is 36.5 Å². The largest absolute Gasteiger partial charge is 0.492 e. The van der Waals surface area contributed by atoms with E-state index in [0.29, 0.717) is 28.6 Å². The number of thiocarbonyl (C=S) groups is 1. The van der Waals surface area contributed by atoms with E-state index >= 15 is 0 Å². The van der Waals surface area contributed by atoms with Crippen molar-refractivity contribution in [2.45, 2.75) is 31.6 Å². The van der Waals surface area contributed by atoms with Crippen LogP contribution in [0.3, 0.4) is 0 Å². The Labute approximate surface area is 167 Å². The van der Waals surface area contributed by atoms with Gasteiger partial charge in [0.2, 0.25) is 0 Å². The minimum absolute atomic E-state index is 0.0481. The molecule has 2 aromatic rings. The predicted octanol–water partition coefficient (Wildman–Crippen LogP) is 5.47. The minimum atomic E-state index is -0.851. The molecule has 0 aliphatic heterocycles. The first-order valence-corrected chi connectivity index (χ1v) is 9.47. The van der Waals surface area contributed by atoms with Gasteiger partial charge in [0.05, 0.1) is 11.6 Å². The molecule has 26 heavy (non-hydrogen) atoms. The Balaban J connectivity index is 1.90. The highest BCUT2D eigenvalue weighted by molar-refractivity contribution is 7.81. The fourth-order valence-corrected chi connectivity index (χ4v) is 4.32. The minimum Gasteiger partial charge on any atom is -0.492 e. The first-order valence-electron chi connectivity index (χ1n) is 8.30. The van der Waals surface area contributed by atoms with Crippen LogP contribution in [0.2, 0.25) is 10.0 Å². The number of hydrogen-bond donors (Lipinski definition) is 1. The molecule has 1 atom stereocenters. The maximum atomic E-state index is 10.6. The maximum Gasteiger partial charge on any atom is 0.303 e. The monoisotopic (exact) mass is 408 g/mol. The Kier molecular flexibility index (Phi) is 5.56. The van der Waals surface area contributed by atoms with E-state index in [-0.39, 0.29) is 18.4 Å². The third-order valence-corrected chi connectivity index (χ3v) is 6.24. The maximum absolute atomic E-state index is 10.6. The summed E-state index contributed by atoms with van der Waals surface area (Å²) in [5.74, 6) is -0.378. The number of ether oxygens (including phenoxy) is 1. The van der Waals surface area contributed by atoms with Gasteiger partial charge in [0.25, 0.3) is 0 Å². The van der Waals surface area contributed by atoms with Crippen molar-refractivity contribution in [3.8, 4) is 5.75 Å². The number of halogens is 2. The Morgan fingerprint density at radius 1 is 1.27 bits per heavy atom. The average molecular weight is 409 g/mol. The lowest BCUT2D eigenvalue weighted by molar-refractivity contribution is -0.137. The van der Waals surface area contributed by atoms with Crippen molar-refractivity contribution in [2.24, 2.45) is 0 Å². The van der Waals surface area contributed by atoms with E-state index in [1.165, 1.54) is 0 Å². The lowest BCUT2D eigenvalue weighted by atomic mass is 9.80. The van der Waals surface area contributed by atoms with Gasteiger partial charge in [0.1, 0.15) is 10.8 Å². The van der Waals surface area contributed by atoms with Crippen molar-refractivity contribution in [3.05, 3.63) is 63.1 Å². The molecule has 0 radical (unpaired) electrons. The number of aliphatic carboxylic acids is 1. The molecule has 0 saturated heterocycles. The number of carboxylic acid groups (broad SMARTS) is 1. The van der Waals surface area contributed by atoms with Gasteiger partial charge in [0, 0.05) is 22.3 Å². The molecule has 0 saturated carbocycles. The van der Waals surface area contributed by atoms with Crippen molar-refractivity contribution < 1.29 is 14.6 Å². The van der Waals surface area contributed by atoms with Gasteiger partial charge in [-0.2, -0.15) is 0 Å². The smallest absolute Gasteiger partial charge is 0.303 e. The fraction of sp³-hybridized carbons (Fsp3) is 0.300. The van der Waals surface area contributed by atoms with Gasteiger partial charge in [-0.1, -0.05) is 72.7 Å². The lowest BCUT2D eigenvalue weighted by Gasteiger charge is -2.25. The van der Waals surface area contributed by atoms with E-state index in [9.17, 15) is 4.79 Å². The molecule has 0 spiro atoms. The van der Waals surface area contributed by atoms with Crippen LogP contribution < -0.4 is 4.74 Å². The van der Waals surface area contributed by atoms with Gasteiger partial charge >= 0.3 is 5.97 Å². The molecule has 1 aliphatic rings.